The van der Waals surface area contributed by atoms with E-state index in [9.17, 15) is 9.18 Å². The molecule has 1 fully saturated rings. The highest BCUT2D eigenvalue weighted by atomic mass is 32.2. The van der Waals surface area contributed by atoms with Gasteiger partial charge in [-0.1, -0.05) is 6.58 Å². The van der Waals surface area contributed by atoms with Crippen molar-refractivity contribution in [1.29, 1.82) is 0 Å². The van der Waals surface area contributed by atoms with Gasteiger partial charge in [0.15, 0.2) is 5.83 Å². The number of carbonyl (C=O) groups excluding carboxylic acids is 1. The van der Waals surface area contributed by atoms with Gasteiger partial charge >= 0.3 is 0 Å². The van der Waals surface area contributed by atoms with Crippen LogP contribution in [0.25, 0.3) is 0 Å². The van der Waals surface area contributed by atoms with Crippen LogP contribution in [-0.4, -0.2) is 29.0 Å². The summed E-state index contributed by atoms with van der Waals surface area (Å²) in [4.78, 5) is 12.2. The van der Waals surface area contributed by atoms with E-state index in [1.807, 2.05) is 0 Å². The van der Waals surface area contributed by atoms with Crippen LogP contribution < -0.4 is 0 Å². The molecule has 1 heterocycles. The van der Waals surface area contributed by atoms with Crippen LogP contribution in [-0.2, 0) is 4.79 Å². The summed E-state index contributed by atoms with van der Waals surface area (Å²) in [6.45, 7) is 3.58. The Morgan fingerprint density at radius 1 is 1.70 bits per heavy atom. The number of hydrogen-bond acceptors (Lipinski definition) is 2. The molecule has 1 amide bonds. The molecule has 0 bridgehead atoms. The van der Waals surface area contributed by atoms with Crippen LogP contribution in [0.5, 0.6) is 0 Å². The maximum absolute atomic E-state index is 12.2. The molecule has 1 rings (SSSR count). The topological polar surface area (TPSA) is 20.3 Å². The summed E-state index contributed by atoms with van der Waals surface area (Å²) in [5.41, 5.74) is 0. The molecule has 0 radical (unpaired) electrons. The summed E-state index contributed by atoms with van der Waals surface area (Å²) < 4.78 is 12.2. The molecule has 0 saturated carbocycles. The van der Waals surface area contributed by atoms with Gasteiger partial charge < -0.3 is 4.90 Å². The Bertz CT molecular complexity index is 165. The lowest BCUT2D eigenvalue weighted by Crippen LogP contribution is -2.27. The highest BCUT2D eigenvalue weighted by molar-refractivity contribution is 7.99. The molecular formula is C6H8FNOS. The molecule has 0 atom stereocenters. The van der Waals surface area contributed by atoms with Crippen molar-refractivity contribution in [2.75, 3.05) is 18.2 Å². The Kier molecular flexibility index (Phi) is 2.32. The minimum Gasteiger partial charge on any atom is -0.327 e. The van der Waals surface area contributed by atoms with Gasteiger partial charge in [-0.2, -0.15) is 0 Å². The third-order valence-electron chi connectivity index (χ3n) is 1.27. The van der Waals surface area contributed by atoms with E-state index in [-0.39, 0.29) is 0 Å². The minimum absolute atomic E-state index is 0.565. The molecule has 10 heavy (non-hydrogen) atoms. The SMILES string of the molecule is C=C(F)C(=O)N1CCSC1. The van der Waals surface area contributed by atoms with E-state index in [1.54, 1.807) is 11.8 Å². The maximum atomic E-state index is 12.2. The predicted octanol–water partition coefficient (Wildman–Crippen LogP) is 1.00. The number of nitrogens with zero attached hydrogens (tertiary/aromatic N) is 1. The van der Waals surface area contributed by atoms with Gasteiger partial charge in [-0.05, 0) is 0 Å². The van der Waals surface area contributed by atoms with Crippen molar-refractivity contribution in [3.8, 4) is 0 Å². The quantitative estimate of drug-likeness (QED) is 0.535. The molecule has 0 aromatic carbocycles. The van der Waals surface area contributed by atoms with E-state index in [1.165, 1.54) is 4.90 Å². The molecule has 56 valence electrons. The van der Waals surface area contributed by atoms with Crippen molar-refractivity contribution in [3.05, 3.63) is 12.4 Å². The van der Waals surface area contributed by atoms with Crippen LogP contribution in [0.4, 0.5) is 4.39 Å². The third-order valence-corrected chi connectivity index (χ3v) is 2.24. The molecule has 0 N–H and O–H groups in total. The summed E-state index contributed by atoms with van der Waals surface area (Å²) >= 11 is 1.63. The average Bonchev–Trinajstić information content (AvgIpc) is 2.36. The summed E-state index contributed by atoms with van der Waals surface area (Å²) in [7, 11) is 0. The standard InChI is InChI=1S/C6H8FNOS/c1-5(7)6(9)8-2-3-10-4-8/h1-4H2. The first kappa shape index (κ1) is 7.60. The Hall–Kier alpha value is -0.510. The zero-order valence-electron chi connectivity index (χ0n) is 5.47. The Labute approximate surface area is 63.1 Å². The zero-order chi connectivity index (χ0) is 7.56. The number of halogens is 1. The van der Waals surface area contributed by atoms with Crippen LogP contribution in [0.15, 0.2) is 12.4 Å². The predicted molar refractivity (Wildman–Crippen MR) is 39.3 cm³/mol. The number of carbonyl (C=O) groups is 1. The highest BCUT2D eigenvalue weighted by Crippen LogP contribution is 2.15. The monoisotopic (exact) mass is 161 g/mol. The molecule has 0 aromatic rings. The molecule has 0 unspecified atom stereocenters. The Balaban J connectivity index is 2.48. The molecule has 0 spiro atoms. The normalized spacial score (nSPS) is 17.5. The summed E-state index contributed by atoms with van der Waals surface area (Å²) in [5, 5.41) is 0. The van der Waals surface area contributed by atoms with Crippen LogP contribution in [0.3, 0.4) is 0 Å². The first-order chi connectivity index (χ1) is 4.72. The molecular weight excluding hydrogens is 153 g/mol. The molecule has 0 aromatic heterocycles. The maximum Gasteiger partial charge on any atom is 0.282 e. The van der Waals surface area contributed by atoms with E-state index in [2.05, 4.69) is 6.58 Å². The zero-order valence-corrected chi connectivity index (χ0v) is 6.29. The smallest absolute Gasteiger partial charge is 0.282 e. The Morgan fingerprint density at radius 3 is 2.80 bits per heavy atom. The van der Waals surface area contributed by atoms with Crippen LogP contribution in [0.1, 0.15) is 0 Å². The fourth-order valence-electron chi connectivity index (χ4n) is 0.746. The van der Waals surface area contributed by atoms with E-state index in [0.29, 0.717) is 12.4 Å². The first-order valence-corrected chi connectivity index (χ1v) is 4.08. The van der Waals surface area contributed by atoms with Gasteiger partial charge in [-0.25, -0.2) is 4.39 Å². The molecule has 1 aliphatic rings. The Morgan fingerprint density at radius 2 is 2.40 bits per heavy atom. The minimum atomic E-state index is -0.859. The van der Waals surface area contributed by atoms with Gasteiger partial charge in [0.2, 0.25) is 0 Å². The van der Waals surface area contributed by atoms with Crippen molar-refractivity contribution in [2.24, 2.45) is 0 Å². The van der Waals surface area contributed by atoms with Gasteiger partial charge in [-0.15, -0.1) is 11.8 Å². The molecule has 4 heteroatoms. The van der Waals surface area contributed by atoms with Crippen molar-refractivity contribution < 1.29 is 9.18 Å². The van der Waals surface area contributed by atoms with E-state index < -0.39 is 11.7 Å². The van der Waals surface area contributed by atoms with Crippen LogP contribution in [0, 0.1) is 0 Å². The highest BCUT2D eigenvalue weighted by Gasteiger charge is 2.20. The number of hydrogen-bond donors (Lipinski definition) is 0. The molecule has 2 nitrogen and oxygen atoms in total. The number of thioether (sulfide) groups is 1. The first-order valence-electron chi connectivity index (χ1n) is 2.93. The van der Waals surface area contributed by atoms with Gasteiger partial charge in [-0.3, -0.25) is 4.79 Å². The van der Waals surface area contributed by atoms with Crippen molar-refractivity contribution in [3.63, 3.8) is 0 Å². The summed E-state index contributed by atoms with van der Waals surface area (Å²) in [5.74, 6) is 0.0772. The van der Waals surface area contributed by atoms with Crippen molar-refractivity contribution in [1.82, 2.24) is 4.90 Å². The fourth-order valence-corrected chi connectivity index (χ4v) is 1.69. The van der Waals surface area contributed by atoms with Gasteiger partial charge in [0, 0.05) is 12.3 Å². The average molecular weight is 161 g/mol. The van der Waals surface area contributed by atoms with Gasteiger partial charge in [0.25, 0.3) is 5.91 Å². The van der Waals surface area contributed by atoms with E-state index >= 15 is 0 Å². The van der Waals surface area contributed by atoms with Gasteiger partial charge in [0.1, 0.15) is 0 Å². The lowest BCUT2D eigenvalue weighted by molar-refractivity contribution is -0.127. The lowest BCUT2D eigenvalue weighted by atomic mass is 10.5. The fraction of sp³-hybridized carbons (Fsp3) is 0.500. The third kappa shape index (κ3) is 1.50. The van der Waals surface area contributed by atoms with Crippen molar-refractivity contribution in [2.45, 2.75) is 0 Å². The summed E-state index contributed by atoms with van der Waals surface area (Å²) in [6.07, 6.45) is 0. The molecule has 0 aliphatic carbocycles. The number of amides is 1. The number of rotatable bonds is 1. The van der Waals surface area contributed by atoms with Crippen LogP contribution >= 0.6 is 11.8 Å². The van der Waals surface area contributed by atoms with E-state index in [0.717, 1.165) is 5.75 Å². The second-order valence-electron chi connectivity index (χ2n) is 2.01. The lowest BCUT2D eigenvalue weighted by Gasteiger charge is -2.11. The second kappa shape index (κ2) is 3.05. The van der Waals surface area contributed by atoms with Crippen molar-refractivity contribution >= 4 is 17.7 Å². The van der Waals surface area contributed by atoms with Gasteiger partial charge in [0.05, 0.1) is 5.88 Å². The molecule has 1 saturated heterocycles. The van der Waals surface area contributed by atoms with E-state index in [4.69, 9.17) is 0 Å². The largest absolute Gasteiger partial charge is 0.327 e. The summed E-state index contributed by atoms with van der Waals surface area (Å²) in [6, 6.07) is 0. The van der Waals surface area contributed by atoms with Crippen LogP contribution in [0.2, 0.25) is 0 Å². The second-order valence-corrected chi connectivity index (χ2v) is 3.09. The molecule has 1 aliphatic heterocycles.